The Bertz CT molecular complexity index is 1280. The minimum absolute atomic E-state index is 0.00845. The highest BCUT2D eigenvalue weighted by Gasteiger charge is 2.18. The first-order chi connectivity index (χ1) is 15.1. The molecule has 0 fully saturated rings. The predicted octanol–water partition coefficient (Wildman–Crippen LogP) is 3.40. The van der Waals surface area contributed by atoms with E-state index in [0.29, 0.717) is 11.4 Å². The number of carbonyl (C=O) groups is 1. The largest absolute Gasteiger partial charge is 0.495 e. The molecule has 4 N–H and O–H groups in total. The number of sulfone groups is 1. The monoisotopic (exact) mass is 477 g/mol. The molecule has 3 rings (SSSR count). The fourth-order valence-electron chi connectivity index (χ4n) is 2.79. The Kier molecular flexibility index (Phi) is 6.70. The topological polar surface area (TPSA) is 146 Å². The molecular formula is C20H20ClN5O5S. The number of ether oxygens (including phenoxy) is 2. The molecule has 0 spiro atoms. The van der Waals surface area contributed by atoms with E-state index in [1.165, 1.54) is 26.4 Å². The van der Waals surface area contributed by atoms with Gasteiger partial charge in [0.05, 0.1) is 36.1 Å². The minimum atomic E-state index is -3.52. The normalized spacial score (nSPS) is 11.0. The molecule has 3 aromatic rings. The molecule has 0 amide bonds. The van der Waals surface area contributed by atoms with Crippen molar-refractivity contribution in [3.05, 3.63) is 53.1 Å². The number of nitrogens with two attached hydrogens (primary N) is 1. The van der Waals surface area contributed by atoms with Crippen LogP contribution in [-0.2, 0) is 14.6 Å². The summed E-state index contributed by atoms with van der Waals surface area (Å²) < 4.78 is 34.2. The molecule has 10 nitrogen and oxygen atoms in total. The van der Waals surface area contributed by atoms with Gasteiger partial charge in [0.1, 0.15) is 16.6 Å². The summed E-state index contributed by atoms with van der Waals surface area (Å²) in [7, 11) is -0.780. The number of halogens is 1. The number of anilines is 5. The van der Waals surface area contributed by atoms with E-state index in [9.17, 15) is 13.2 Å². The number of nitrogen functional groups attached to an aromatic ring is 1. The number of hydrogen-bond acceptors (Lipinski definition) is 10. The summed E-state index contributed by atoms with van der Waals surface area (Å²) in [6, 6.07) is 10.9. The van der Waals surface area contributed by atoms with Gasteiger partial charge < -0.3 is 25.8 Å². The smallest absolute Gasteiger partial charge is 0.337 e. The SMILES string of the molecule is COC(=O)c1ccc(OC)c(Nc2nc(N)c(Cl)c(Nc3ccccc3S(C)(=O)=O)n2)c1. The fraction of sp³-hybridized carbons (Fsp3) is 0.150. The molecule has 0 aliphatic heterocycles. The second-order valence-corrected chi connectivity index (χ2v) is 8.88. The van der Waals surface area contributed by atoms with Crippen LogP contribution in [-0.4, -0.2) is 44.8 Å². The lowest BCUT2D eigenvalue weighted by molar-refractivity contribution is 0.0600. The lowest BCUT2D eigenvalue weighted by atomic mass is 10.2. The first-order valence-corrected chi connectivity index (χ1v) is 11.3. The van der Waals surface area contributed by atoms with E-state index >= 15 is 0 Å². The molecule has 0 saturated carbocycles. The van der Waals surface area contributed by atoms with Crippen molar-refractivity contribution in [2.75, 3.05) is 36.8 Å². The van der Waals surface area contributed by atoms with E-state index in [1.54, 1.807) is 30.3 Å². The van der Waals surface area contributed by atoms with Gasteiger partial charge in [-0.1, -0.05) is 23.7 Å². The molecule has 32 heavy (non-hydrogen) atoms. The van der Waals surface area contributed by atoms with Crippen molar-refractivity contribution >= 4 is 56.4 Å². The van der Waals surface area contributed by atoms with Gasteiger partial charge in [-0.3, -0.25) is 0 Å². The Morgan fingerprint density at radius 3 is 2.44 bits per heavy atom. The van der Waals surface area contributed by atoms with Crippen LogP contribution < -0.4 is 21.1 Å². The molecule has 2 aromatic carbocycles. The van der Waals surface area contributed by atoms with Crippen LogP contribution >= 0.6 is 11.6 Å². The quantitative estimate of drug-likeness (QED) is 0.432. The van der Waals surface area contributed by atoms with Crippen molar-refractivity contribution in [3.8, 4) is 5.75 Å². The van der Waals surface area contributed by atoms with Gasteiger partial charge in [0.25, 0.3) is 0 Å². The van der Waals surface area contributed by atoms with Crippen LogP contribution in [0.4, 0.5) is 29.0 Å². The van der Waals surface area contributed by atoms with E-state index < -0.39 is 15.8 Å². The van der Waals surface area contributed by atoms with Crippen LogP contribution in [0.15, 0.2) is 47.4 Å². The minimum Gasteiger partial charge on any atom is -0.495 e. The lowest BCUT2D eigenvalue weighted by Crippen LogP contribution is -2.08. The van der Waals surface area contributed by atoms with Gasteiger partial charge in [0, 0.05) is 6.26 Å². The van der Waals surface area contributed by atoms with Crippen LogP contribution in [0.25, 0.3) is 0 Å². The molecule has 0 radical (unpaired) electrons. The van der Waals surface area contributed by atoms with Crippen molar-refractivity contribution in [2.24, 2.45) is 0 Å². The third kappa shape index (κ3) is 5.01. The molecule has 0 atom stereocenters. The zero-order valence-corrected chi connectivity index (χ0v) is 18.9. The summed E-state index contributed by atoms with van der Waals surface area (Å²) in [5, 5.41) is 5.83. The molecular weight excluding hydrogens is 458 g/mol. The summed E-state index contributed by atoms with van der Waals surface area (Å²) in [5.41, 5.74) is 6.86. The number of nitrogens with one attached hydrogen (secondary N) is 2. The van der Waals surface area contributed by atoms with Gasteiger partial charge in [0.2, 0.25) is 5.95 Å². The van der Waals surface area contributed by atoms with E-state index in [2.05, 4.69) is 20.6 Å². The maximum atomic E-state index is 12.1. The lowest BCUT2D eigenvalue weighted by Gasteiger charge is -2.15. The number of nitrogens with zero attached hydrogens (tertiary/aromatic N) is 2. The summed E-state index contributed by atoms with van der Waals surface area (Å²) >= 11 is 6.25. The highest BCUT2D eigenvalue weighted by molar-refractivity contribution is 7.90. The van der Waals surface area contributed by atoms with Crippen molar-refractivity contribution in [3.63, 3.8) is 0 Å². The average molecular weight is 478 g/mol. The standard InChI is InChI=1S/C20H20ClN5O5S/c1-30-14-9-8-11(19(27)31-2)10-13(14)24-20-25-17(22)16(21)18(26-20)23-12-6-4-5-7-15(12)32(3,28)29/h4-10H,1-3H3,(H4,22,23,24,25,26). The summed E-state index contributed by atoms with van der Waals surface area (Å²) in [6.07, 6.45) is 1.09. The Morgan fingerprint density at radius 2 is 1.78 bits per heavy atom. The molecule has 0 unspecified atom stereocenters. The number of rotatable bonds is 7. The maximum absolute atomic E-state index is 12.1. The van der Waals surface area contributed by atoms with Gasteiger partial charge in [-0.25, -0.2) is 13.2 Å². The number of para-hydroxylation sites is 1. The van der Waals surface area contributed by atoms with Gasteiger partial charge in [0.15, 0.2) is 15.7 Å². The fourth-order valence-corrected chi connectivity index (χ4v) is 3.77. The number of methoxy groups -OCH3 is 2. The molecule has 168 valence electrons. The Morgan fingerprint density at radius 1 is 1.06 bits per heavy atom. The molecule has 1 aromatic heterocycles. The second-order valence-electron chi connectivity index (χ2n) is 6.52. The van der Waals surface area contributed by atoms with Crippen molar-refractivity contribution in [1.82, 2.24) is 9.97 Å². The molecule has 12 heteroatoms. The van der Waals surface area contributed by atoms with Gasteiger partial charge in [-0.15, -0.1) is 0 Å². The van der Waals surface area contributed by atoms with E-state index in [4.69, 9.17) is 26.8 Å². The zero-order chi connectivity index (χ0) is 23.5. The predicted molar refractivity (Wildman–Crippen MR) is 122 cm³/mol. The maximum Gasteiger partial charge on any atom is 0.337 e. The Hall–Kier alpha value is -3.57. The summed E-state index contributed by atoms with van der Waals surface area (Å²) in [4.78, 5) is 20.3. The average Bonchev–Trinajstić information content (AvgIpc) is 2.76. The molecule has 0 saturated heterocycles. The number of benzene rings is 2. The number of esters is 1. The van der Waals surface area contributed by atoms with Crippen molar-refractivity contribution in [2.45, 2.75) is 4.90 Å². The highest BCUT2D eigenvalue weighted by Crippen LogP contribution is 2.33. The van der Waals surface area contributed by atoms with Crippen molar-refractivity contribution < 1.29 is 22.7 Å². The van der Waals surface area contributed by atoms with E-state index in [1.807, 2.05) is 0 Å². The molecule has 0 aliphatic carbocycles. The van der Waals surface area contributed by atoms with E-state index in [-0.39, 0.29) is 38.8 Å². The second kappa shape index (κ2) is 9.28. The zero-order valence-electron chi connectivity index (χ0n) is 17.3. The Balaban J connectivity index is 2.02. The third-order valence-electron chi connectivity index (χ3n) is 4.28. The summed E-state index contributed by atoms with van der Waals surface area (Å²) in [5.74, 6) is -0.0577. The molecule has 0 aliphatic rings. The number of hydrogen-bond donors (Lipinski definition) is 3. The molecule has 0 bridgehead atoms. The number of aromatic nitrogens is 2. The van der Waals surface area contributed by atoms with Gasteiger partial charge in [-0.05, 0) is 30.3 Å². The van der Waals surface area contributed by atoms with Crippen LogP contribution in [0.5, 0.6) is 5.75 Å². The Labute approximate surface area is 189 Å². The van der Waals surface area contributed by atoms with E-state index in [0.717, 1.165) is 6.26 Å². The first kappa shape index (κ1) is 23.1. The van der Waals surface area contributed by atoms with Crippen molar-refractivity contribution in [1.29, 1.82) is 0 Å². The molecule has 1 heterocycles. The first-order valence-electron chi connectivity index (χ1n) is 9.06. The van der Waals surface area contributed by atoms with Crippen LogP contribution in [0.1, 0.15) is 10.4 Å². The number of carbonyl (C=O) groups excluding carboxylic acids is 1. The van der Waals surface area contributed by atoms with Crippen LogP contribution in [0, 0.1) is 0 Å². The summed E-state index contributed by atoms with van der Waals surface area (Å²) in [6.45, 7) is 0. The van der Waals surface area contributed by atoms with Gasteiger partial charge >= 0.3 is 5.97 Å². The van der Waals surface area contributed by atoms with Gasteiger partial charge in [-0.2, -0.15) is 9.97 Å². The van der Waals surface area contributed by atoms with Crippen LogP contribution in [0.3, 0.4) is 0 Å². The third-order valence-corrected chi connectivity index (χ3v) is 5.81. The highest BCUT2D eigenvalue weighted by atomic mass is 35.5. The van der Waals surface area contributed by atoms with Crippen LogP contribution in [0.2, 0.25) is 5.02 Å².